The predicted octanol–water partition coefficient (Wildman–Crippen LogP) is 4.18. The van der Waals surface area contributed by atoms with Crippen LogP contribution in [0.2, 0.25) is 0 Å². The number of ether oxygens (including phenoxy) is 1. The minimum Gasteiger partial charge on any atom is -0.481 e. The summed E-state index contributed by atoms with van der Waals surface area (Å²) in [4.78, 5) is 38.3. The van der Waals surface area contributed by atoms with Gasteiger partial charge >= 0.3 is 12.1 Å². The van der Waals surface area contributed by atoms with E-state index in [2.05, 4.69) is 24.0 Å². The number of benzene rings is 2. The van der Waals surface area contributed by atoms with E-state index in [1.54, 1.807) is 11.0 Å². The molecule has 2 amide bonds. The normalized spacial score (nSPS) is 13.1. The summed E-state index contributed by atoms with van der Waals surface area (Å²) in [5.41, 5.74) is 4.41. The van der Waals surface area contributed by atoms with Gasteiger partial charge < -0.3 is 20.1 Å². The molecule has 0 saturated carbocycles. The molecule has 0 spiro atoms. The smallest absolute Gasteiger partial charge is 0.407 e. The van der Waals surface area contributed by atoms with Crippen LogP contribution < -0.4 is 5.32 Å². The second-order valence-electron chi connectivity index (χ2n) is 8.33. The van der Waals surface area contributed by atoms with Gasteiger partial charge in [0.05, 0.1) is 0 Å². The Morgan fingerprint density at radius 3 is 2.18 bits per heavy atom. The first-order valence-electron chi connectivity index (χ1n) is 11.1. The van der Waals surface area contributed by atoms with E-state index in [1.165, 1.54) is 0 Å². The van der Waals surface area contributed by atoms with Gasteiger partial charge in [0.1, 0.15) is 12.6 Å². The third kappa shape index (κ3) is 5.61. The minimum absolute atomic E-state index is 0.0290. The number of carboxylic acids is 1. The molecule has 174 valence electrons. The van der Waals surface area contributed by atoms with Gasteiger partial charge in [-0.3, -0.25) is 9.59 Å². The van der Waals surface area contributed by atoms with E-state index in [1.807, 2.05) is 50.2 Å². The lowest BCUT2D eigenvalue weighted by atomic mass is 9.98. The van der Waals surface area contributed by atoms with Crippen LogP contribution in [0.25, 0.3) is 11.1 Å². The van der Waals surface area contributed by atoms with Gasteiger partial charge in [-0.2, -0.15) is 0 Å². The van der Waals surface area contributed by atoms with Gasteiger partial charge in [0.25, 0.3) is 0 Å². The van der Waals surface area contributed by atoms with Crippen molar-refractivity contribution in [1.29, 1.82) is 0 Å². The van der Waals surface area contributed by atoms with Crippen LogP contribution in [-0.4, -0.2) is 53.2 Å². The maximum atomic E-state index is 13.0. The van der Waals surface area contributed by atoms with E-state index >= 15 is 0 Å². The van der Waals surface area contributed by atoms with Crippen molar-refractivity contribution >= 4 is 18.0 Å². The van der Waals surface area contributed by atoms with Gasteiger partial charge in [0.15, 0.2) is 0 Å². The molecule has 1 atom stereocenters. The van der Waals surface area contributed by atoms with Gasteiger partial charge in [-0.25, -0.2) is 4.79 Å². The van der Waals surface area contributed by atoms with E-state index in [4.69, 9.17) is 9.84 Å². The number of hydrogen-bond acceptors (Lipinski definition) is 4. The van der Waals surface area contributed by atoms with Crippen LogP contribution in [0.5, 0.6) is 0 Å². The Morgan fingerprint density at radius 2 is 1.67 bits per heavy atom. The maximum Gasteiger partial charge on any atom is 0.407 e. The lowest BCUT2D eigenvalue weighted by Gasteiger charge is -2.30. The van der Waals surface area contributed by atoms with E-state index in [9.17, 15) is 14.4 Å². The molecule has 3 rings (SSSR count). The summed E-state index contributed by atoms with van der Waals surface area (Å²) >= 11 is 0. The number of nitrogens with one attached hydrogen (secondary N) is 1. The number of hydrogen-bond donors (Lipinski definition) is 2. The molecule has 0 saturated heterocycles. The number of alkyl carbamates (subject to hydrolysis) is 1. The Bertz CT molecular complexity index is 987. The Kier molecular flexibility index (Phi) is 7.87. The van der Waals surface area contributed by atoms with Crippen LogP contribution in [0.4, 0.5) is 4.79 Å². The van der Waals surface area contributed by atoms with E-state index in [-0.39, 0.29) is 37.3 Å². The molecule has 33 heavy (non-hydrogen) atoms. The van der Waals surface area contributed by atoms with Crippen molar-refractivity contribution in [1.82, 2.24) is 10.2 Å². The van der Waals surface area contributed by atoms with Gasteiger partial charge in [-0.1, -0.05) is 54.6 Å². The predicted molar refractivity (Wildman–Crippen MR) is 126 cm³/mol. The highest BCUT2D eigenvalue weighted by Gasteiger charge is 2.31. The zero-order chi connectivity index (χ0) is 24.0. The first-order chi connectivity index (χ1) is 15.8. The molecule has 0 radical (unpaired) electrons. The molecule has 2 aromatic carbocycles. The molecular formula is C26H30N2O5. The second-order valence-corrected chi connectivity index (χ2v) is 8.33. The van der Waals surface area contributed by atoms with Gasteiger partial charge in [-0.05, 0) is 42.5 Å². The minimum atomic E-state index is -1.04. The van der Waals surface area contributed by atoms with Crippen molar-refractivity contribution in [3.63, 3.8) is 0 Å². The fourth-order valence-electron chi connectivity index (χ4n) is 4.20. The zero-order valence-electron chi connectivity index (χ0n) is 19.0. The zero-order valence-corrected chi connectivity index (χ0v) is 19.0. The Morgan fingerprint density at radius 1 is 1.09 bits per heavy atom. The van der Waals surface area contributed by atoms with Crippen molar-refractivity contribution in [3.05, 3.63) is 72.3 Å². The van der Waals surface area contributed by atoms with Crippen molar-refractivity contribution in [3.8, 4) is 11.1 Å². The Hall–Kier alpha value is -3.61. The first-order valence-corrected chi connectivity index (χ1v) is 11.1. The Labute approximate surface area is 194 Å². The van der Waals surface area contributed by atoms with Crippen LogP contribution in [0, 0.1) is 0 Å². The molecule has 0 aromatic heterocycles. The number of amides is 2. The molecular weight excluding hydrogens is 420 g/mol. The number of carbonyl (C=O) groups excluding carboxylic acids is 2. The molecule has 1 aliphatic carbocycles. The first kappa shape index (κ1) is 24.0. The van der Waals surface area contributed by atoms with Crippen molar-refractivity contribution in [2.45, 2.75) is 44.7 Å². The summed E-state index contributed by atoms with van der Waals surface area (Å²) < 4.78 is 5.54. The number of nitrogens with zero attached hydrogens (tertiary/aromatic N) is 1. The molecule has 0 aliphatic heterocycles. The average molecular weight is 451 g/mol. The topological polar surface area (TPSA) is 95.9 Å². The molecule has 1 aliphatic rings. The summed E-state index contributed by atoms with van der Waals surface area (Å²) in [6.45, 7) is 7.78. The van der Waals surface area contributed by atoms with Crippen molar-refractivity contribution in [2.24, 2.45) is 0 Å². The summed E-state index contributed by atoms with van der Waals surface area (Å²) in [6.07, 6.45) is 0.570. The number of aliphatic carboxylic acids is 1. The van der Waals surface area contributed by atoms with Crippen LogP contribution in [0.15, 0.2) is 61.2 Å². The fraction of sp³-hybridized carbons (Fsp3) is 0.346. The number of rotatable bonds is 10. The molecule has 7 heteroatoms. The standard InChI is InChI=1S/C26H30N2O5/c1-4-15-28(17(2)3)25(31)23(13-14-24(29)30)27-26(32)33-16-22-20-11-7-5-9-18(20)19-10-6-8-12-21(19)22/h4-12,17,22-23H,1,13-16H2,2-3H3,(H,27,32)(H,29,30). The monoisotopic (exact) mass is 450 g/mol. The van der Waals surface area contributed by atoms with Crippen LogP contribution in [-0.2, 0) is 14.3 Å². The van der Waals surface area contributed by atoms with Gasteiger partial charge in [-0.15, -0.1) is 6.58 Å². The molecule has 2 aromatic rings. The van der Waals surface area contributed by atoms with Crippen molar-refractivity contribution in [2.75, 3.05) is 13.2 Å². The molecule has 7 nitrogen and oxygen atoms in total. The van der Waals surface area contributed by atoms with Crippen molar-refractivity contribution < 1.29 is 24.2 Å². The summed E-state index contributed by atoms with van der Waals surface area (Å²) in [5.74, 6) is -1.51. The van der Waals surface area contributed by atoms with Crippen LogP contribution in [0.1, 0.15) is 43.7 Å². The van der Waals surface area contributed by atoms with E-state index in [0.29, 0.717) is 6.54 Å². The number of carbonyl (C=O) groups is 3. The second kappa shape index (κ2) is 10.8. The molecule has 0 fully saturated rings. The highest BCUT2D eigenvalue weighted by Crippen LogP contribution is 2.44. The SMILES string of the molecule is C=CCN(C(=O)C(CCC(=O)O)NC(=O)OCC1c2ccccc2-c2ccccc21)C(C)C. The molecule has 2 N–H and O–H groups in total. The summed E-state index contributed by atoms with van der Waals surface area (Å²) in [5, 5.41) is 11.7. The lowest BCUT2D eigenvalue weighted by Crippen LogP contribution is -2.51. The maximum absolute atomic E-state index is 13.0. The fourth-order valence-corrected chi connectivity index (χ4v) is 4.20. The summed E-state index contributed by atoms with van der Waals surface area (Å²) in [7, 11) is 0. The number of carboxylic acid groups (broad SMARTS) is 1. The average Bonchev–Trinajstić information content (AvgIpc) is 3.12. The lowest BCUT2D eigenvalue weighted by molar-refractivity contribution is -0.138. The van der Waals surface area contributed by atoms with Crippen LogP contribution >= 0.6 is 0 Å². The Balaban J connectivity index is 1.71. The van der Waals surface area contributed by atoms with E-state index in [0.717, 1.165) is 22.3 Å². The van der Waals surface area contributed by atoms with E-state index < -0.39 is 18.1 Å². The quantitative estimate of drug-likeness (QED) is 0.530. The third-order valence-electron chi connectivity index (χ3n) is 5.81. The largest absolute Gasteiger partial charge is 0.481 e. The third-order valence-corrected chi connectivity index (χ3v) is 5.81. The molecule has 1 unspecified atom stereocenters. The highest BCUT2D eigenvalue weighted by atomic mass is 16.5. The number of fused-ring (bicyclic) bond motifs is 3. The van der Waals surface area contributed by atoms with Crippen LogP contribution in [0.3, 0.4) is 0 Å². The highest BCUT2D eigenvalue weighted by molar-refractivity contribution is 5.86. The van der Waals surface area contributed by atoms with Gasteiger partial charge in [0, 0.05) is 24.9 Å². The summed E-state index contributed by atoms with van der Waals surface area (Å²) in [6, 6.07) is 14.9. The van der Waals surface area contributed by atoms with Gasteiger partial charge in [0.2, 0.25) is 5.91 Å². The molecule has 0 bridgehead atoms. The molecule has 0 heterocycles.